The normalized spacial score (nSPS) is 11.8. The van der Waals surface area contributed by atoms with E-state index in [1.807, 2.05) is 0 Å². The van der Waals surface area contributed by atoms with Gasteiger partial charge in [0.1, 0.15) is 13.2 Å². The summed E-state index contributed by atoms with van der Waals surface area (Å²) in [5.41, 5.74) is 0. The van der Waals surface area contributed by atoms with Gasteiger partial charge in [0.2, 0.25) is 0 Å². The summed E-state index contributed by atoms with van der Waals surface area (Å²) in [5.74, 6) is -0.850. The van der Waals surface area contributed by atoms with E-state index in [1.54, 1.807) is 0 Å². The standard InChI is InChI=1S/C48H92O6/c1-4-7-10-13-16-19-21-23-24-25-27-29-32-35-38-41-47(50)53-44-45(43-52-46(49)40-37-34-31-28-18-15-12-9-6-3)54-48(51)42-39-36-33-30-26-22-20-17-14-11-8-5-2/h45H,4-44H2,1-3H3/t45-/m0/s1. The van der Waals surface area contributed by atoms with Crippen LogP contribution in [0.5, 0.6) is 0 Å². The van der Waals surface area contributed by atoms with Gasteiger partial charge in [-0.15, -0.1) is 0 Å². The molecule has 6 nitrogen and oxygen atoms in total. The third-order valence-electron chi connectivity index (χ3n) is 10.9. The zero-order valence-electron chi connectivity index (χ0n) is 36.5. The van der Waals surface area contributed by atoms with Crippen LogP contribution in [0.2, 0.25) is 0 Å². The maximum absolute atomic E-state index is 12.7. The molecule has 320 valence electrons. The Morgan fingerprint density at radius 2 is 0.500 bits per heavy atom. The van der Waals surface area contributed by atoms with E-state index in [9.17, 15) is 14.4 Å². The predicted molar refractivity (Wildman–Crippen MR) is 229 cm³/mol. The van der Waals surface area contributed by atoms with Gasteiger partial charge in [0, 0.05) is 19.3 Å². The fraction of sp³-hybridized carbons (Fsp3) is 0.938. The van der Waals surface area contributed by atoms with Crippen molar-refractivity contribution < 1.29 is 28.6 Å². The van der Waals surface area contributed by atoms with Gasteiger partial charge < -0.3 is 14.2 Å². The van der Waals surface area contributed by atoms with E-state index >= 15 is 0 Å². The Hall–Kier alpha value is -1.59. The lowest BCUT2D eigenvalue weighted by molar-refractivity contribution is -0.167. The zero-order chi connectivity index (χ0) is 39.4. The van der Waals surface area contributed by atoms with E-state index in [0.29, 0.717) is 19.3 Å². The van der Waals surface area contributed by atoms with Crippen molar-refractivity contribution in [2.45, 2.75) is 277 Å². The highest BCUT2D eigenvalue weighted by molar-refractivity contribution is 5.71. The van der Waals surface area contributed by atoms with Gasteiger partial charge in [0.05, 0.1) is 0 Å². The first-order valence-corrected chi connectivity index (χ1v) is 24.0. The van der Waals surface area contributed by atoms with Crippen LogP contribution in [0.1, 0.15) is 271 Å². The molecule has 0 bridgehead atoms. The Morgan fingerprint density at radius 1 is 0.296 bits per heavy atom. The molecule has 0 saturated carbocycles. The molecule has 0 aromatic carbocycles. The summed E-state index contributed by atoms with van der Waals surface area (Å²) in [6.07, 6.45) is 45.1. The molecule has 0 amide bonds. The minimum atomic E-state index is -0.757. The molecule has 0 unspecified atom stereocenters. The van der Waals surface area contributed by atoms with Crippen molar-refractivity contribution in [1.82, 2.24) is 0 Å². The molecule has 0 aliphatic carbocycles. The van der Waals surface area contributed by atoms with E-state index in [1.165, 1.54) is 173 Å². The summed E-state index contributed by atoms with van der Waals surface area (Å²) in [4.78, 5) is 37.7. The first-order valence-electron chi connectivity index (χ1n) is 24.0. The van der Waals surface area contributed by atoms with Crippen molar-refractivity contribution in [2.24, 2.45) is 0 Å². The van der Waals surface area contributed by atoms with E-state index in [-0.39, 0.29) is 31.1 Å². The van der Waals surface area contributed by atoms with Crippen LogP contribution in [0.3, 0.4) is 0 Å². The van der Waals surface area contributed by atoms with Crippen LogP contribution in [0, 0.1) is 0 Å². The van der Waals surface area contributed by atoms with Gasteiger partial charge in [-0.1, -0.05) is 233 Å². The fourth-order valence-electron chi connectivity index (χ4n) is 7.21. The van der Waals surface area contributed by atoms with Gasteiger partial charge in [-0.3, -0.25) is 14.4 Å². The molecular weight excluding hydrogens is 673 g/mol. The number of carbonyl (C=O) groups excluding carboxylic acids is 3. The number of esters is 3. The maximum atomic E-state index is 12.7. The molecule has 0 N–H and O–H groups in total. The molecule has 6 heteroatoms. The second-order valence-electron chi connectivity index (χ2n) is 16.4. The van der Waals surface area contributed by atoms with Crippen molar-refractivity contribution in [3.05, 3.63) is 0 Å². The van der Waals surface area contributed by atoms with E-state index in [0.717, 1.165) is 57.8 Å². The molecule has 54 heavy (non-hydrogen) atoms. The van der Waals surface area contributed by atoms with Gasteiger partial charge in [-0.2, -0.15) is 0 Å². The summed E-state index contributed by atoms with van der Waals surface area (Å²) >= 11 is 0. The lowest BCUT2D eigenvalue weighted by Crippen LogP contribution is -2.30. The Bertz CT molecular complexity index is 798. The monoisotopic (exact) mass is 765 g/mol. The van der Waals surface area contributed by atoms with Crippen LogP contribution >= 0.6 is 0 Å². The Labute approximate surface area is 336 Å². The van der Waals surface area contributed by atoms with Gasteiger partial charge in [0.25, 0.3) is 0 Å². The minimum Gasteiger partial charge on any atom is -0.462 e. The number of carbonyl (C=O) groups is 3. The van der Waals surface area contributed by atoms with E-state index < -0.39 is 6.10 Å². The molecule has 1 atom stereocenters. The molecule has 0 spiro atoms. The predicted octanol–water partition coefficient (Wildman–Crippen LogP) is 15.3. The van der Waals surface area contributed by atoms with Crippen LogP contribution in [0.15, 0.2) is 0 Å². The summed E-state index contributed by atoms with van der Waals surface area (Å²) in [7, 11) is 0. The molecule has 0 aromatic heterocycles. The van der Waals surface area contributed by atoms with Crippen molar-refractivity contribution >= 4 is 17.9 Å². The molecule has 0 heterocycles. The minimum absolute atomic E-state index is 0.0624. The van der Waals surface area contributed by atoms with Gasteiger partial charge in [-0.25, -0.2) is 0 Å². The molecule has 0 aliphatic heterocycles. The lowest BCUT2D eigenvalue weighted by atomic mass is 10.0. The van der Waals surface area contributed by atoms with Gasteiger partial charge in [0.15, 0.2) is 6.10 Å². The van der Waals surface area contributed by atoms with Crippen LogP contribution in [0.4, 0.5) is 0 Å². The first kappa shape index (κ1) is 52.4. The Kier molecular flexibility index (Phi) is 42.8. The second kappa shape index (κ2) is 44.1. The van der Waals surface area contributed by atoms with Crippen LogP contribution in [-0.2, 0) is 28.6 Å². The number of unbranched alkanes of at least 4 members (excludes halogenated alkanes) is 33. The molecule has 0 aliphatic rings. The highest BCUT2D eigenvalue weighted by atomic mass is 16.6. The second-order valence-corrected chi connectivity index (χ2v) is 16.4. The topological polar surface area (TPSA) is 78.9 Å². The number of hydrogen-bond donors (Lipinski definition) is 0. The molecule has 0 radical (unpaired) electrons. The Morgan fingerprint density at radius 3 is 0.741 bits per heavy atom. The maximum Gasteiger partial charge on any atom is 0.306 e. The largest absolute Gasteiger partial charge is 0.462 e. The molecule has 0 fully saturated rings. The van der Waals surface area contributed by atoms with Gasteiger partial charge in [-0.05, 0) is 19.3 Å². The zero-order valence-corrected chi connectivity index (χ0v) is 36.5. The van der Waals surface area contributed by atoms with Crippen LogP contribution in [-0.4, -0.2) is 37.2 Å². The highest BCUT2D eigenvalue weighted by Crippen LogP contribution is 2.16. The molecular formula is C48H92O6. The first-order chi connectivity index (χ1) is 26.5. The van der Waals surface area contributed by atoms with Crippen molar-refractivity contribution in [1.29, 1.82) is 0 Å². The molecule has 0 rings (SSSR count). The number of hydrogen-bond acceptors (Lipinski definition) is 6. The summed E-state index contributed by atoms with van der Waals surface area (Å²) < 4.78 is 16.7. The highest BCUT2D eigenvalue weighted by Gasteiger charge is 2.19. The quantitative estimate of drug-likeness (QED) is 0.0349. The number of rotatable bonds is 44. The summed E-state index contributed by atoms with van der Waals surface area (Å²) in [6, 6.07) is 0. The van der Waals surface area contributed by atoms with Gasteiger partial charge >= 0.3 is 17.9 Å². The summed E-state index contributed by atoms with van der Waals surface area (Å²) in [5, 5.41) is 0. The SMILES string of the molecule is CCCCCCCCCCCCCCCCCC(=O)OC[C@H](COC(=O)CCCCCCCCCCC)OC(=O)CCCCCCCCCCCCCC. The Balaban J connectivity index is 4.27. The fourth-order valence-corrected chi connectivity index (χ4v) is 7.21. The van der Waals surface area contributed by atoms with Crippen molar-refractivity contribution in [3.63, 3.8) is 0 Å². The average Bonchev–Trinajstić information content (AvgIpc) is 3.17. The average molecular weight is 765 g/mol. The van der Waals surface area contributed by atoms with Crippen molar-refractivity contribution in [3.8, 4) is 0 Å². The van der Waals surface area contributed by atoms with E-state index in [4.69, 9.17) is 14.2 Å². The van der Waals surface area contributed by atoms with Crippen molar-refractivity contribution in [2.75, 3.05) is 13.2 Å². The lowest BCUT2D eigenvalue weighted by Gasteiger charge is -2.18. The summed E-state index contributed by atoms with van der Waals surface area (Å²) in [6.45, 7) is 6.64. The molecule has 0 saturated heterocycles. The smallest absolute Gasteiger partial charge is 0.306 e. The van der Waals surface area contributed by atoms with E-state index in [2.05, 4.69) is 20.8 Å². The molecule has 0 aromatic rings. The number of ether oxygens (including phenoxy) is 3. The third-order valence-corrected chi connectivity index (χ3v) is 10.9. The van der Waals surface area contributed by atoms with Crippen LogP contribution in [0.25, 0.3) is 0 Å². The van der Waals surface area contributed by atoms with Crippen LogP contribution < -0.4 is 0 Å². The third kappa shape index (κ3) is 41.6.